The maximum atomic E-state index is 12.4. The molecule has 6 nitrogen and oxygen atoms in total. The van der Waals surface area contributed by atoms with Gasteiger partial charge in [0, 0.05) is 24.6 Å². The third-order valence-electron chi connectivity index (χ3n) is 3.37. The molecule has 1 unspecified atom stereocenters. The van der Waals surface area contributed by atoms with Crippen LogP contribution in [-0.2, 0) is 9.59 Å². The molecule has 0 aliphatic rings. The van der Waals surface area contributed by atoms with Gasteiger partial charge < -0.3 is 16.0 Å². The summed E-state index contributed by atoms with van der Waals surface area (Å²) in [7, 11) is 0. The first-order valence-electron chi connectivity index (χ1n) is 8.36. The Morgan fingerprint density at radius 2 is 1.76 bits per heavy atom. The summed E-state index contributed by atoms with van der Waals surface area (Å²) in [6, 6.07) is 8.25. The highest BCUT2D eigenvalue weighted by atomic mass is 32.2. The zero-order chi connectivity index (χ0) is 18.7. The number of amides is 3. The Morgan fingerprint density at radius 3 is 2.36 bits per heavy atom. The SMILES string of the molecule is CSCCC(NC(=O)c1ccccc1)C(=O)NCCC(=O)NC(C)C. The molecule has 1 aromatic rings. The Kier molecular flexibility index (Phi) is 9.69. The van der Waals surface area contributed by atoms with Crippen molar-refractivity contribution >= 4 is 29.5 Å². The first kappa shape index (κ1) is 21.0. The Labute approximate surface area is 153 Å². The van der Waals surface area contributed by atoms with Gasteiger partial charge in [-0.3, -0.25) is 14.4 Å². The van der Waals surface area contributed by atoms with Gasteiger partial charge in [-0.2, -0.15) is 11.8 Å². The first-order chi connectivity index (χ1) is 11.9. The third-order valence-corrected chi connectivity index (χ3v) is 4.01. The molecule has 0 spiro atoms. The number of thioether (sulfide) groups is 1. The lowest BCUT2D eigenvalue weighted by Gasteiger charge is -2.18. The normalized spacial score (nSPS) is 11.7. The summed E-state index contributed by atoms with van der Waals surface area (Å²) in [5.41, 5.74) is 0.515. The maximum absolute atomic E-state index is 12.4. The van der Waals surface area contributed by atoms with E-state index in [0.717, 1.165) is 5.75 Å². The number of carbonyl (C=O) groups excluding carboxylic acids is 3. The molecule has 0 heterocycles. The third kappa shape index (κ3) is 8.58. The Hall–Kier alpha value is -2.02. The summed E-state index contributed by atoms with van der Waals surface area (Å²) in [5.74, 6) is 0.0976. The van der Waals surface area contributed by atoms with Crippen molar-refractivity contribution in [3.8, 4) is 0 Å². The lowest BCUT2D eigenvalue weighted by molar-refractivity contribution is -0.123. The van der Waals surface area contributed by atoms with Crippen LogP contribution in [0.2, 0.25) is 0 Å². The summed E-state index contributed by atoms with van der Waals surface area (Å²) in [6.07, 6.45) is 2.69. The second kappa shape index (κ2) is 11.5. The molecule has 138 valence electrons. The maximum Gasteiger partial charge on any atom is 0.251 e. The molecule has 25 heavy (non-hydrogen) atoms. The molecule has 1 atom stereocenters. The van der Waals surface area contributed by atoms with Crippen LogP contribution in [0.15, 0.2) is 30.3 Å². The molecule has 0 aliphatic heterocycles. The molecule has 0 aromatic heterocycles. The van der Waals surface area contributed by atoms with Gasteiger partial charge in [-0.15, -0.1) is 0 Å². The van der Waals surface area contributed by atoms with Crippen LogP contribution in [0, 0.1) is 0 Å². The van der Waals surface area contributed by atoms with Crippen LogP contribution >= 0.6 is 11.8 Å². The molecule has 1 rings (SSSR count). The summed E-state index contributed by atoms with van der Waals surface area (Å²) in [4.78, 5) is 36.2. The van der Waals surface area contributed by atoms with Gasteiger partial charge in [0.1, 0.15) is 6.04 Å². The molecule has 0 saturated carbocycles. The van der Waals surface area contributed by atoms with Crippen LogP contribution in [0.1, 0.15) is 37.0 Å². The van der Waals surface area contributed by atoms with E-state index in [9.17, 15) is 14.4 Å². The summed E-state index contributed by atoms with van der Waals surface area (Å²) >= 11 is 1.61. The predicted molar refractivity (Wildman–Crippen MR) is 102 cm³/mol. The molecule has 7 heteroatoms. The average molecular weight is 365 g/mol. The van der Waals surface area contributed by atoms with E-state index in [1.165, 1.54) is 0 Å². The fourth-order valence-electron chi connectivity index (χ4n) is 2.15. The number of rotatable bonds is 10. The second-order valence-electron chi connectivity index (χ2n) is 5.94. The van der Waals surface area contributed by atoms with E-state index < -0.39 is 6.04 Å². The van der Waals surface area contributed by atoms with Crippen LogP contribution in [0.4, 0.5) is 0 Å². The lowest BCUT2D eigenvalue weighted by Crippen LogP contribution is -2.47. The minimum Gasteiger partial charge on any atom is -0.354 e. The minimum atomic E-state index is -0.617. The monoisotopic (exact) mass is 365 g/mol. The smallest absolute Gasteiger partial charge is 0.251 e. The van der Waals surface area contributed by atoms with Crippen LogP contribution in [0.5, 0.6) is 0 Å². The number of hydrogen-bond donors (Lipinski definition) is 3. The van der Waals surface area contributed by atoms with Crippen molar-refractivity contribution in [2.45, 2.75) is 38.8 Å². The molecule has 3 amide bonds. The molecular formula is C18H27N3O3S. The van der Waals surface area contributed by atoms with E-state index in [2.05, 4.69) is 16.0 Å². The fraction of sp³-hybridized carbons (Fsp3) is 0.500. The van der Waals surface area contributed by atoms with Crippen LogP contribution in [0.3, 0.4) is 0 Å². The van der Waals surface area contributed by atoms with Gasteiger partial charge in [0.15, 0.2) is 0 Å². The largest absolute Gasteiger partial charge is 0.354 e. The quantitative estimate of drug-likeness (QED) is 0.587. The Balaban J connectivity index is 2.54. The highest BCUT2D eigenvalue weighted by molar-refractivity contribution is 7.98. The van der Waals surface area contributed by atoms with Gasteiger partial charge in [-0.05, 0) is 44.4 Å². The van der Waals surface area contributed by atoms with E-state index >= 15 is 0 Å². The van der Waals surface area contributed by atoms with Crippen LogP contribution < -0.4 is 16.0 Å². The molecule has 0 saturated heterocycles. The number of nitrogens with one attached hydrogen (secondary N) is 3. The summed E-state index contributed by atoms with van der Waals surface area (Å²) < 4.78 is 0. The van der Waals surface area contributed by atoms with Crippen molar-refractivity contribution in [3.63, 3.8) is 0 Å². The van der Waals surface area contributed by atoms with Crippen LogP contribution in [0.25, 0.3) is 0 Å². The Bertz CT molecular complexity index is 564. The van der Waals surface area contributed by atoms with Crippen molar-refractivity contribution in [1.82, 2.24) is 16.0 Å². The average Bonchev–Trinajstić information content (AvgIpc) is 2.58. The first-order valence-corrected chi connectivity index (χ1v) is 9.75. The molecule has 0 bridgehead atoms. The van der Waals surface area contributed by atoms with Crippen molar-refractivity contribution in [1.29, 1.82) is 0 Å². The molecule has 1 aromatic carbocycles. The van der Waals surface area contributed by atoms with Gasteiger partial charge in [0.05, 0.1) is 0 Å². The lowest BCUT2D eigenvalue weighted by atomic mass is 10.1. The van der Waals surface area contributed by atoms with Crippen molar-refractivity contribution in [2.24, 2.45) is 0 Å². The van der Waals surface area contributed by atoms with E-state index in [-0.39, 0.29) is 36.7 Å². The molecule has 0 aliphatic carbocycles. The van der Waals surface area contributed by atoms with Crippen molar-refractivity contribution in [2.75, 3.05) is 18.6 Å². The number of carbonyl (C=O) groups is 3. The predicted octanol–water partition coefficient (Wildman–Crippen LogP) is 1.57. The Morgan fingerprint density at radius 1 is 1.08 bits per heavy atom. The highest BCUT2D eigenvalue weighted by Crippen LogP contribution is 2.04. The zero-order valence-electron chi connectivity index (χ0n) is 15.0. The topological polar surface area (TPSA) is 87.3 Å². The van der Waals surface area contributed by atoms with Gasteiger partial charge in [-0.1, -0.05) is 18.2 Å². The molecule has 0 fully saturated rings. The second-order valence-corrected chi connectivity index (χ2v) is 6.92. The van der Waals surface area contributed by atoms with Gasteiger partial charge in [0.25, 0.3) is 5.91 Å². The standard InChI is InChI=1S/C18H27N3O3S/c1-13(2)20-16(22)9-11-19-18(24)15(10-12-25-3)21-17(23)14-7-5-4-6-8-14/h4-8,13,15H,9-12H2,1-3H3,(H,19,24)(H,20,22)(H,21,23). The number of benzene rings is 1. The molecule has 0 radical (unpaired) electrons. The van der Waals surface area contributed by atoms with Gasteiger partial charge in [-0.25, -0.2) is 0 Å². The van der Waals surface area contributed by atoms with E-state index in [1.807, 2.05) is 26.2 Å². The van der Waals surface area contributed by atoms with Crippen LogP contribution in [-0.4, -0.2) is 48.4 Å². The van der Waals surface area contributed by atoms with Gasteiger partial charge >= 0.3 is 0 Å². The zero-order valence-corrected chi connectivity index (χ0v) is 15.8. The van der Waals surface area contributed by atoms with Gasteiger partial charge in [0.2, 0.25) is 11.8 Å². The minimum absolute atomic E-state index is 0.0719. The van der Waals surface area contributed by atoms with E-state index in [0.29, 0.717) is 12.0 Å². The van der Waals surface area contributed by atoms with Crippen molar-refractivity contribution < 1.29 is 14.4 Å². The van der Waals surface area contributed by atoms with E-state index in [4.69, 9.17) is 0 Å². The number of hydrogen-bond acceptors (Lipinski definition) is 4. The van der Waals surface area contributed by atoms with Crippen molar-refractivity contribution in [3.05, 3.63) is 35.9 Å². The highest BCUT2D eigenvalue weighted by Gasteiger charge is 2.21. The molecular weight excluding hydrogens is 338 g/mol. The van der Waals surface area contributed by atoms with E-state index in [1.54, 1.807) is 36.0 Å². The fourth-order valence-corrected chi connectivity index (χ4v) is 2.62. The molecule has 3 N–H and O–H groups in total. The summed E-state index contributed by atoms with van der Waals surface area (Å²) in [6.45, 7) is 4.01. The summed E-state index contributed by atoms with van der Waals surface area (Å²) in [5, 5.41) is 8.27.